The molecule has 1 heterocycles. The van der Waals surface area contributed by atoms with E-state index in [-0.39, 0.29) is 5.91 Å². The molecule has 1 aromatic heterocycles. The summed E-state index contributed by atoms with van der Waals surface area (Å²) < 4.78 is 4.84. The second-order valence-electron chi connectivity index (χ2n) is 3.77. The standard InChI is InChI=1S/C12H12N2O2S/c1-7-3-4-10(11(17)5-7)14-12(15)9-6-13-16-8(9)2/h3-6,17H,1-2H3,(H,14,15). The van der Waals surface area contributed by atoms with Gasteiger partial charge in [0.1, 0.15) is 11.3 Å². The molecule has 0 atom stereocenters. The molecule has 1 N–H and O–H groups in total. The van der Waals surface area contributed by atoms with Crippen LogP contribution in [0, 0.1) is 13.8 Å². The van der Waals surface area contributed by atoms with Crippen molar-refractivity contribution in [2.75, 3.05) is 5.32 Å². The maximum atomic E-state index is 11.9. The van der Waals surface area contributed by atoms with E-state index in [9.17, 15) is 4.79 Å². The van der Waals surface area contributed by atoms with Gasteiger partial charge in [0.15, 0.2) is 0 Å². The molecule has 5 heteroatoms. The van der Waals surface area contributed by atoms with Crippen LogP contribution in [-0.2, 0) is 0 Å². The molecule has 2 rings (SSSR count). The first kappa shape index (κ1) is 11.7. The van der Waals surface area contributed by atoms with E-state index in [1.54, 1.807) is 6.92 Å². The fourth-order valence-corrected chi connectivity index (χ4v) is 1.79. The van der Waals surface area contributed by atoms with Gasteiger partial charge < -0.3 is 9.84 Å². The van der Waals surface area contributed by atoms with Gasteiger partial charge in [-0.25, -0.2) is 0 Å². The van der Waals surface area contributed by atoms with Crippen LogP contribution in [0.4, 0.5) is 5.69 Å². The normalized spacial score (nSPS) is 10.3. The first-order chi connectivity index (χ1) is 8.08. The molecule has 0 radical (unpaired) electrons. The fourth-order valence-electron chi connectivity index (χ4n) is 1.45. The van der Waals surface area contributed by atoms with Gasteiger partial charge in [-0.2, -0.15) is 0 Å². The summed E-state index contributed by atoms with van der Waals surface area (Å²) >= 11 is 4.31. The lowest BCUT2D eigenvalue weighted by Crippen LogP contribution is -2.12. The smallest absolute Gasteiger partial charge is 0.260 e. The Kier molecular flexibility index (Phi) is 3.19. The minimum atomic E-state index is -0.247. The lowest BCUT2D eigenvalue weighted by Gasteiger charge is -2.07. The highest BCUT2D eigenvalue weighted by Crippen LogP contribution is 2.22. The zero-order chi connectivity index (χ0) is 12.4. The number of carbonyl (C=O) groups is 1. The number of amides is 1. The summed E-state index contributed by atoms with van der Waals surface area (Å²) in [4.78, 5) is 12.6. The van der Waals surface area contributed by atoms with Crippen LogP contribution in [0.1, 0.15) is 21.7 Å². The third kappa shape index (κ3) is 2.50. The number of aryl methyl sites for hydroxylation is 2. The topological polar surface area (TPSA) is 55.1 Å². The predicted octanol–water partition coefficient (Wildman–Crippen LogP) is 2.83. The van der Waals surface area contributed by atoms with Gasteiger partial charge in [-0.3, -0.25) is 4.79 Å². The van der Waals surface area contributed by atoms with E-state index in [1.165, 1.54) is 6.20 Å². The van der Waals surface area contributed by atoms with Crippen molar-refractivity contribution in [2.24, 2.45) is 0 Å². The first-order valence-corrected chi connectivity index (χ1v) is 5.55. The molecule has 17 heavy (non-hydrogen) atoms. The number of nitrogens with one attached hydrogen (secondary N) is 1. The second kappa shape index (κ2) is 4.63. The Labute approximate surface area is 104 Å². The van der Waals surface area contributed by atoms with Gasteiger partial charge in [-0.05, 0) is 31.5 Å². The van der Waals surface area contributed by atoms with Gasteiger partial charge in [0.2, 0.25) is 0 Å². The Bertz CT molecular complexity index is 563. The van der Waals surface area contributed by atoms with Crippen LogP contribution in [0.2, 0.25) is 0 Å². The van der Waals surface area contributed by atoms with E-state index in [4.69, 9.17) is 4.52 Å². The van der Waals surface area contributed by atoms with Crippen molar-refractivity contribution >= 4 is 24.2 Å². The summed E-state index contributed by atoms with van der Waals surface area (Å²) in [6.07, 6.45) is 1.40. The lowest BCUT2D eigenvalue weighted by atomic mass is 10.2. The van der Waals surface area contributed by atoms with Crippen molar-refractivity contribution in [3.8, 4) is 0 Å². The zero-order valence-electron chi connectivity index (χ0n) is 9.52. The first-order valence-electron chi connectivity index (χ1n) is 5.10. The SMILES string of the molecule is Cc1ccc(NC(=O)c2cnoc2C)c(S)c1. The van der Waals surface area contributed by atoms with Gasteiger partial charge in [-0.1, -0.05) is 11.2 Å². The molecule has 0 aliphatic carbocycles. The summed E-state index contributed by atoms with van der Waals surface area (Å²) in [6.45, 7) is 3.66. The van der Waals surface area contributed by atoms with Crippen molar-refractivity contribution in [3.63, 3.8) is 0 Å². The van der Waals surface area contributed by atoms with Gasteiger partial charge >= 0.3 is 0 Å². The van der Waals surface area contributed by atoms with Crippen LogP contribution in [-0.4, -0.2) is 11.1 Å². The monoisotopic (exact) mass is 248 g/mol. The third-order valence-electron chi connectivity index (χ3n) is 2.40. The Morgan fingerprint density at radius 1 is 1.41 bits per heavy atom. The van der Waals surface area contributed by atoms with Crippen molar-refractivity contribution in [3.05, 3.63) is 41.3 Å². The number of rotatable bonds is 2. The number of hydrogen-bond acceptors (Lipinski definition) is 4. The molecule has 0 saturated carbocycles. The molecule has 0 spiro atoms. The van der Waals surface area contributed by atoms with Crippen LogP contribution < -0.4 is 5.32 Å². The minimum Gasteiger partial charge on any atom is -0.361 e. The Balaban J connectivity index is 2.22. The molecule has 0 fully saturated rings. The van der Waals surface area contributed by atoms with Gasteiger partial charge in [0, 0.05) is 4.90 Å². The molecule has 4 nitrogen and oxygen atoms in total. The van der Waals surface area contributed by atoms with Crippen LogP contribution in [0.15, 0.2) is 33.8 Å². The Morgan fingerprint density at radius 2 is 2.18 bits per heavy atom. The Morgan fingerprint density at radius 3 is 2.76 bits per heavy atom. The fraction of sp³-hybridized carbons (Fsp3) is 0.167. The van der Waals surface area contributed by atoms with E-state index in [0.717, 1.165) is 10.5 Å². The van der Waals surface area contributed by atoms with Gasteiger partial charge in [0.05, 0.1) is 11.9 Å². The molecular weight excluding hydrogens is 236 g/mol. The quantitative estimate of drug-likeness (QED) is 0.803. The number of aromatic nitrogens is 1. The highest BCUT2D eigenvalue weighted by Gasteiger charge is 2.13. The van der Waals surface area contributed by atoms with Gasteiger partial charge in [0.25, 0.3) is 5.91 Å². The maximum absolute atomic E-state index is 11.9. The number of anilines is 1. The van der Waals surface area contributed by atoms with Crippen molar-refractivity contribution < 1.29 is 9.32 Å². The summed E-state index contributed by atoms with van der Waals surface area (Å²) in [5.74, 6) is 0.248. The van der Waals surface area contributed by atoms with Crippen molar-refractivity contribution in [2.45, 2.75) is 18.7 Å². The molecule has 0 bridgehead atoms. The third-order valence-corrected chi connectivity index (χ3v) is 2.77. The summed E-state index contributed by atoms with van der Waals surface area (Å²) in [5.41, 5.74) is 2.19. The predicted molar refractivity (Wildman–Crippen MR) is 67.6 cm³/mol. The largest absolute Gasteiger partial charge is 0.361 e. The highest BCUT2D eigenvalue weighted by atomic mass is 32.1. The molecule has 0 aliphatic rings. The van der Waals surface area contributed by atoms with E-state index < -0.39 is 0 Å². The van der Waals surface area contributed by atoms with Crippen LogP contribution in [0.25, 0.3) is 0 Å². The van der Waals surface area contributed by atoms with Crippen LogP contribution in [0.3, 0.4) is 0 Å². The molecule has 0 aliphatic heterocycles. The average molecular weight is 248 g/mol. The second-order valence-corrected chi connectivity index (χ2v) is 4.25. The number of thiol groups is 1. The summed E-state index contributed by atoms with van der Waals surface area (Å²) in [7, 11) is 0. The number of carbonyl (C=O) groups excluding carboxylic acids is 1. The zero-order valence-corrected chi connectivity index (χ0v) is 10.4. The molecule has 1 aromatic carbocycles. The highest BCUT2D eigenvalue weighted by molar-refractivity contribution is 7.80. The maximum Gasteiger partial charge on any atom is 0.260 e. The number of benzene rings is 1. The molecular formula is C12H12N2O2S. The lowest BCUT2D eigenvalue weighted by molar-refractivity contribution is 0.102. The molecule has 0 unspecified atom stereocenters. The van der Waals surface area contributed by atoms with E-state index in [0.29, 0.717) is 17.0 Å². The molecule has 88 valence electrons. The summed E-state index contributed by atoms with van der Waals surface area (Å²) in [5, 5.41) is 6.33. The average Bonchev–Trinajstić information content (AvgIpc) is 2.68. The van der Waals surface area contributed by atoms with Crippen LogP contribution >= 0.6 is 12.6 Å². The van der Waals surface area contributed by atoms with E-state index in [2.05, 4.69) is 23.1 Å². The van der Waals surface area contributed by atoms with E-state index in [1.807, 2.05) is 25.1 Å². The van der Waals surface area contributed by atoms with Gasteiger partial charge in [-0.15, -0.1) is 12.6 Å². The molecule has 2 aromatic rings. The number of nitrogens with zero attached hydrogens (tertiary/aromatic N) is 1. The minimum absolute atomic E-state index is 0.247. The van der Waals surface area contributed by atoms with Crippen LogP contribution in [0.5, 0.6) is 0 Å². The molecule has 0 saturated heterocycles. The van der Waals surface area contributed by atoms with E-state index >= 15 is 0 Å². The summed E-state index contributed by atoms with van der Waals surface area (Å²) in [6, 6.07) is 5.62. The molecule has 1 amide bonds. The van der Waals surface area contributed by atoms with Crippen molar-refractivity contribution in [1.82, 2.24) is 5.16 Å². The Hall–Kier alpha value is -1.75. The number of hydrogen-bond donors (Lipinski definition) is 2. The van der Waals surface area contributed by atoms with Crippen molar-refractivity contribution in [1.29, 1.82) is 0 Å².